The highest BCUT2D eigenvalue weighted by molar-refractivity contribution is 6.30. The van der Waals surface area contributed by atoms with Gasteiger partial charge in [0.2, 0.25) is 5.91 Å². The Bertz CT molecular complexity index is 1730. The third kappa shape index (κ3) is 6.34. The Kier molecular flexibility index (Phi) is 8.63. The number of fused-ring (bicyclic) bond motifs is 1. The quantitative estimate of drug-likeness (QED) is 0.227. The Balaban J connectivity index is 1.57. The number of nitrogens with zero attached hydrogens (tertiary/aromatic N) is 4. The van der Waals surface area contributed by atoms with Gasteiger partial charge in [-0.2, -0.15) is 0 Å². The predicted octanol–water partition coefficient (Wildman–Crippen LogP) is 5.65. The molecule has 1 aromatic heterocycles. The van der Waals surface area contributed by atoms with E-state index in [9.17, 15) is 14.0 Å². The molecule has 0 fully saturated rings. The highest BCUT2D eigenvalue weighted by Gasteiger charge is 2.33. The van der Waals surface area contributed by atoms with E-state index in [0.29, 0.717) is 38.8 Å². The van der Waals surface area contributed by atoms with Crippen LogP contribution in [0.25, 0.3) is 11.0 Å². The van der Waals surface area contributed by atoms with Crippen molar-refractivity contribution < 1.29 is 23.5 Å². The maximum Gasteiger partial charge on any atom is 0.251 e. The van der Waals surface area contributed by atoms with Gasteiger partial charge in [0, 0.05) is 17.6 Å². The Morgan fingerprint density at radius 1 is 0.976 bits per heavy atom. The zero-order valence-electron chi connectivity index (χ0n) is 22.8. The highest BCUT2D eigenvalue weighted by atomic mass is 35.5. The second-order valence-electron chi connectivity index (χ2n) is 9.40. The van der Waals surface area contributed by atoms with Crippen LogP contribution >= 0.6 is 11.6 Å². The van der Waals surface area contributed by atoms with Gasteiger partial charge in [0.1, 0.15) is 35.4 Å². The van der Waals surface area contributed by atoms with Crippen molar-refractivity contribution in [3.8, 4) is 11.5 Å². The summed E-state index contributed by atoms with van der Waals surface area (Å²) in [7, 11) is 2.99. The van der Waals surface area contributed by atoms with E-state index in [0.717, 1.165) is 0 Å². The van der Waals surface area contributed by atoms with E-state index in [-0.39, 0.29) is 18.7 Å². The average Bonchev–Trinajstić information content (AvgIpc) is 3.40. The van der Waals surface area contributed by atoms with Gasteiger partial charge in [0.25, 0.3) is 5.91 Å². The van der Waals surface area contributed by atoms with Crippen molar-refractivity contribution in [1.29, 1.82) is 0 Å². The molecule has 0 bridgehead atoms. The fourth-order valence-corrected chi connectivity index (χ4v) is 4.74. The van der Waals surface area contributed by atoms with Crippen LogP contribution in [0.3, 0.4) is 0 Å². The Labute approximate surface area is 246 Å². The number of ether oxygens (including phenoxy) is 2. The summed E-state index contributed by atoms with van der Waals surface area (Å²) in [6, 6.07) is 23.5. The molecule has 9 nitrogen and oxygen atoms in total. The molecule has 0 aliphatic rings. The summed E-state index contributed by atoms with van der Waals surface area (Å²) >= 11 is 6.10. The Morgan fingerprint density at radius 3 is 2.50 bits per heavy atom. The topological polar surface area (TPSA) is 98.6 Å². The Morgan fingerprint density at radius 2 is 1.76 bits per heavy atom. The smallest absolute Gasteiger partial charge is 0.251 e. The Hall–Kier alpha value is -4.96. The molecule has 1 atom stereocenters. The van der Waals surface area contributed by atoms with Crippen LogP contribution in [0.2, 0.25) is 5.02 Å². The van der Waals surface area contributed by atoms with E-state index in [1.54, 1.807) is 60.7 Å². The lowest BCUT2D eigenvalue weighted by atomic mass is 10.0. The zero-order valence-corrected chi connectivity index (χ0v) is 23.6. The molecule has 1 N–H and O–H groups in total. The van der Waals surface area contributed by atoms with Crippen LogP contribution in [-0.2, 0) is 22.7 Å². The van der Waals surface area contributed by atoms with Crippen LogP contribution < -0.4 is 14.8 Å². The molecular weight excluding hydrogens is 561 g/mol. The molecule has 0 saturated carbocycles. The number of nitrogens with one attached hydrogen (secondary N) is 1. The standard InChI is InChI=1S/C31H27ClFN5O4/c1-41-24-14-15-26(28(17-24)42-2)34-31(40)30(21-6-5-7-23(33)16-21)37(18-20-10-12-22(32)13-11-20)29(39)19-38-27-9-4-3-8-25(27)35-36-38/h3-17,30H,18-19H2,1-2H3,(H,34,40). The van der Waals surface area contributed by atoms with Crippen LogP contribution in [-0.4, -0.2) is 45.9 Å². The maximum absolute atomic E-state index is 14.5. The van der Waals surface area contributed by atoms with Crippen LogP contribution in [0.1, 0.15) is 17.2 Å². The minimum atomic E-state index is -1.23. The summed E-state index contributed by atoms with van der Waals surface area (Å²) in [5.74, 6) is -0.675. The van der Waals surface area contributed by atoms with Gasteiger partial charge in [0.05, 0.1) is 25.4 Å². The van der Waals surface area contributed by atoms with Gasteiger partial charge in [-0.25, -0.2) is 9.07 Å². The normalized spacial score (nSPS) is 11.6. The van der Waals surface area contributed by atoms with Gasteiger partial charge >= 0.3 is 0 Å². The molecule has 4 aromatic carbocycles. The first kappa shape index (κ1) is 28.6. The second-order valence-corrected chi connectivity index (χ2v) is 9.83. The number of methoxy groups -OCH3 is 2. The lowest BCUT2D eigenvalue weighted by Gasteiger charge is -2.32. The van der Waals surface area contributed by atoms with Crippen molar-refractivity contribution in [3.63, 3.8) is 0 Å². The van der Waals surface area contributed by atoms with Gasteiger partial charge < -0.3 is 19.7 Å². The van der Waals surface area contributed by atoms with E-state index in [1.807, 2.05) is 12.1 Å². The van der Waals surface area contributed by atoms with Gasteiger partial charge in [-0.15, -0.1) is 5.10 Å². The van der Waals surface area contributed by atoms with Gasteiger partial charge in [-0.3, -0.25) is 9.59 Å². The van der Waals surface area contributed by atoms with Crippen LogP contribution in [0.5, 0.6) is 11.5 Å². The van der Waals surface area contributed by atoms with Crippen molar-refractivity contribution in [2.24, 2.45) is 0 Å². The molecule has 214 valence electrons. The number of carbonyl (C=O) groups is 2. The van der Waals surface area contributed by atoms with E-state index >= 15 is 0 Å². The minimum absolute atomic E-state index is 0.0248. The molecule has 5 aromatic rings. The molecule has 42 heavy (non-hydrogen) atoms. The summed E-state index contributed by atoms with van der Waals surface area (Å²) in [5, 5.41) is 11.7. The van der Waals surface area contributed by atoms with E-state index in [1.165, 1.54) is 42.0 Å². The van der Waals surface area contributed by atoms with Crippen molar-refractivity contribution in [2.75, 3.05) is 19.5 Å². The van der Waals surface area contributed by atoms with Crippen molar-refractivity contribution in [2.45, 2.75) is 19.1 Å². The number of amides is 2. The lowest BCUT2D eigenvalue weighted by Crippen LogP contribution is -2.42. The SMILES string of the molecule is COc1ccc(NC(=O)C(c2cccc(F)c2)N(Cc2ccc(Cl)cc2)C(=O)Cn2nnc3ccccc32)c(OC)c1. The summed E-state index contributed by atoms with van der Waals surface area (Å²) < 4.78 is 26.7. The molecule has 11 heteroatoms. The average molecular weight is 588 g/mol. The summed E-state index contributed by atoms with van der Waals surface area (Å²) in [6.07, 6.45) is 0. The number of anilines is 1. The molecular formula is C31H27ClFN5O4. The summed E-state index contributed by atoms with van der Waals surface area (Å²) in [5.41, 5.74) is 2.64. The summed E-state index contributed by atoms with van der Waals surface area (Å²) in [4.78, 5) is 29.6. The first-order valence-corrected chi connectivity index (χ1v) is 13.3. The third-order valence-electron chi connectivity index (χ3n) is 6.68. The van der Waals surface area contributed by atoms with E-state index in [2.05, 4.69) is 15.6 Å². The molecule has 1 unspecified atom stereocenters. The van der Waals surface area contributed by atoms with Crippen LogP contribution in [0, 0.1) is 5.82 Å². The van der Waals surface area contributed by atoms with E-state index in [4.69, 9.17) is 21.1 Å². The van der Waals surface area contributed by atoms with Crippen LogP contribution in [0.4, 0.5) is 10.1 Å². The van der Waals surface area contributed by atoms with Gasteiger partial charge in [0.15, 0.2) is 0 Å². The molecule has 1 heterocycles. The van der Waals surface area contributed by atoms with Gasteiger partial charge in [-0.1, -0.05) is 53.2 Å². The monoisotopic (exact) mass is 587 g/mol. The van der Waals surface area contributed by atoms with Crippen molar-refractivity contribution in [3.05, 3.63) is 113 Å². The molecule has 0 aliphatic heterocycles. The number of aromatic nitrogens is 3. The fraction of sp³-hybridized carbons (Fsp3) is 0.161. The fourth-order valence-electron chi connectivity index (χ4n) is 4.62. The molecule has 5 rings (SSSR count). The third-order valence-corrected chi connectivity index (χ3v) is 6.93. The first-order valence-electron chi connectivity index (χ1n) is 13.0. The van der Waals surface area contributed by atoms with Crippen molar-refractivity contribution >= 4 is 40.1 Å². The van der Waals surface area contributed by atoms with E-state index < -0.39 is 23.7 Å². The van der Waals surface area contributed by atoms with Gasteiger partial charge in [-0.05, 0) is 59.7 Å². The van der Waals surface area contributed by atoms with Crippen LogP contribution in [0.15, 0.2) is 91.0 Å². The number of para-hydroxylation sites is 1. The lowest BCUT2D eigenvalue weighted by molar-refractivity contribution is -0.140. The number of halogens is 2. The molecule has 0 aliphatic carbocycles. The predicted molar refractivity (Wildman–Crippen MR) is 157 cm³/mol. The minimum Gasteiger partial charge on any atom is -0.497 e. The molecule has 0 spiro atoms. The number of hydrogen-bond acceptors (Lipinski definition) is 6. The summed E-state index contributed by atoms with van der Waals surface area (Å²) in [6.45, 7) is -0.184. The van der Waals surface area contributed by atoms with Crippen molar-refractivity contribution in [1.82, 2.24) is 19.9 Å². The number of carbonyl (C=O) groups excluding carboxylic acids is 2. The largest absolute Gasteiger partial charge is 0.497 e. The molecule has 0 saturated heterocycles. The highest BCUT2D eigenvalue weighted by Crippen LogP contribution is 2.32. The maximum atomic E-state index is 14.5. The number of hydrogen-bond donors (Lipinski definition) is 1. The second kappa shape index (κ2) is 12.7. The molecule has 0 radical (unpaired) electrons. The number of rotatable bonds is 10. The number of benzene rings is 4. The molecule has 2 amide bonds. The first-order chi connectivity index (χ1) is 20.4. The zero-order chi connectivity index (χ0) is 29.6.